The summed E-state index contributed by atoms with van der Waals surface area (Å²) in [5.74, 6) is 0.489. The number of ether oxygens (including phenoxy) is 1. The third-order valence-corrected chi connectivity index (χ3v) is 6.35. The smallest absolute Gasteiger partial charge is 0.0807 e. The predicted octanol–water partition coefficient (Wildman–Crippen LogP) is 3.88. The highest BCUT2D eigenvalue weighted by Gasteiger charge is 2.50. The van der Waals surface area contributed by atoms with Gasteiger partial charge in [0.05, 0.1) is 12.2 Å². The molecular formula is C17H24O2S. The Morgan fingerprint density at radius 2 is 1.90 bits per heavy atom. The molecule has 20 heavy (non-hydrogen) atoms. The minimum Gasteiger partial charge on any atom is -0.396 e. The summed E-state index contributed by atoms with van der Waals surface area (Å²) in [5.41, 5.74) is 0.0681. The minimum absolute atomic E-state index is 0.0681. The maximum atomic E-state index is 9.33. The quantitative estimate of drug-likeness (QED) is 0.913. The number of aliphatic hydroxyl groups excluding tert-OH is 1. The van der Waals surface area contributed by atoms with Crippen molar-refractivity contribution in [2.45, 2.75) is 54.3 Å². The number of rotatable bonds is 4. The van der Waals surface area contributed by atoms with Gasteiger partial charge in [-0.1, -0.05) is 37.5 Å². The number of thioether (sulfide) groups is 1. The SMILES string of the molecule is OCC[C@H]1COC2(CCCCC2)[C@@H]1Sc1ccccc1. The lowest BCUT2D eigenvalue weighted by Gasteiger charge is -2.38. The topological polar surface area (TPSA) is 29.5 Å². The maximum absolute atomic E-state index is 9.33. The van der Waals surface area contributed by atoms with Crippen LogP contribution in [0.4, 0.5) is 0 Å². The molecule has 0 bridgehead atoms. The second-order valence-corrected chi connectivity index (χ2v) is 7.28. The summed E-state index contributed by atoms with van der Waals surface area (Å²) in [7, 11) is 0. The van der Waals surface area contributed by atoms with Gasteiger partial charge in [0.15, 0.2) is 0 Å². The third kappa shape index (κ3) is 2.90. The largest absolute Gasteiger partial charge is 0.396 e. The Morgan fingerprint density at radius 1 is 1.15 bits per heavy atom. The summed E-state index contributed by atoms with van der Waals surface area (Å²) in [5, 5.41) is 9.83. The van der Waals surface area contributed by atoms with E-state index in [-0.39, 0.29) is 12.2 Å². The van der Waals surface area contributed by atoms with Crippen LogP contribution in [0.5, 0.6) is 0 Å². The van der Waals surface area contributed by atoms with Crippen molar-refractivity contribution in [2.75, 3.05) is 13.2 Å². The standard InChI is InChI=1S/C17H24O2S/c18-12-9-14-13-19-17(10-5-2-6-11-17)16(14)20-15-7-3-1-4-8-15/h1,3-4,7-8,14,16,18H,2,5-6,9-13H2/t14-,16+/m0/s1. The molecule has 2 atom stereocenters. The highest BCUT2D eigenvalue weighted by atomic mass is 32.2. The van der Waals surface area contributed by atoms with E-state index in [2.05, 4.69) is 30.3 Å². The van der Waals surface area contributed by atoms with Gasteiger partial charge in [-0.3, -0.25) is 0 Å². The molecule has 2 aliphatic rings. The Balaban J connectivity index is 1.80. The van der Waals surface area contributed by atoms with Crippen molar-refractivity contribution in [1.82, 2.24) is 0 Å². The van der Waals surface area contributed by atoms with Gasteiger partial charge >= 0.3 is 0 Å². The fourth-order valence-corrected chi connectivity index (χ4v) is 5.23. The average molecular weight is 292 g/mol. The molecule has 110 valence electrons. The number of hydrogen-bond acceptors (Lipinski definition) is 3. The summed E-state index contributed by atoms with van der Waals surface area (Å²) in [6.45, 7) is 1.10. The van der Waals surface area contributed by atoms with Gasteiger partial charge in [-0.25, -0.2) is 0 Å². The monoisotopic (exact) mass is 292 g/mol. The lowest BCUT2D eigenvalue weighted by atomic mass is 9.79. The van der Waals surface area contributed by atoms with Gasteiger partial charge in [0.2, 0.25) is 0 Å². The molecule has 0 aromatic heterocycles. The summed E-state index contributed by atoms with van der Waals surface area (Å²) in [6, 6.07) is 10.7. The summed E-state index contributed by atoms with van der Waals surface area (Å²) >= 11 is 1.97. The van der Waals surface area contributed by atoms with E-state index in [1.807, 2.05) is 11.8 Å². The molecule has 1 aliphatic carbocycles. The maximum Gasteiger partial charge on any atom is 0.0807 e. The molecule has 1 aromatic carbocycles. The molecule has 0 unspecified atom stereocenters. The van der Waals surface area contributed by atoms with E-state index in [4.69, 9.17) is 4.74 Å². The number of hydrogen-bond donors (Lipinski definition) is 1. The lowest BCUT2D eigenvalue weighted by molar-refractivity contribution is -0.0222. The van der Waals surface area contributed by atoms with E-state index in [1.165, 1.54) is 37.0 Å². The van der Waals surface area contributed by atoms with Crippen LogP contribution in [0.1, 0.15) is 38.5 Å². The zero-order valence-electron chi connectivity index (χ0n) is 12.0. The van der Waals surface area contributed by atoms with Gasteiger partial charge in [-0.05, 0) is 37.3 Å². The Kier molecular flexibility index (Phi) is 4.69. The molecule has 2 fully saturated rings. The molecule has 1 N–H and O–H groups in total. The van der Waals surface area contributed by atoms with Crippen molar-refractivity contribution < 1.29 is 9.84 Å². The van der Waals surface area contributed by atoms with Gasteiger partial charge in [0.25, 0.3) is 0 Å². The van der Waals surface area contributed by atoms with E-state index in [1.54, 1.807) is 0 Å². The van der Waals surface area contributed by atoms with Crippen molar-refractivity contribution in [3.05, 3.63) is 30.3 Å². The van der Waals surface area contributed by atoms with E-state index < -0.39 is 0 Å². The van der Waals surface area contributed by atoms with Crippen LogP contribution in [0.3, 0.4) is 0 Å². The van der Waals surface area contributed by atoms with Crippen molar-refractivity contribution in [2.24, 2.45) is 5.92 Å². The summed E-state index contributed by atoms with van der Waals surface area (Å²) in [6.07, 6.45) is 7.18. The summed E-state index contributed by atoms with van der Waals surface area (Å²) in [4.78, 5) is 1.33. The Hall–Kier alpha value is -0.510. The minimum atomic E-state index is 0.0681. The van der Waals surface area contributed by atoms with Crippen molar-refractivity contribution in [3.63, 3.8) is 0 Å². The molecule has 1 aromatic rings. The van der Waals surface area contributed by atoms with Gasteiger partial charge in [0.1, 0.15) is 0 Å². The fourth-order valence-electron chi connectivity index (χ4n) is 3.70. The first-order chi connectivity index (χ1) is 9.84. The highest BCUT2D eigenvalue weighted by Crippen LogP contribution is 2.50. The van der Waals surface area contributed by atoms with Crippen LogP contribution in [0.2, 0.25) is 0 Å². The normalized spacial score (nSPS) is 28.9. The Morgan fingerprint density at radius 3 is 2.60 bits per heavy atom. The van der Waals surface area contributed by atoms with Crippen molar-refractivity contribution in [1.29, 1.82) is 0 Å². The second kappa shape index (κ2) is 6.50. The van der Waals surface area contributed by atoms with E-state index in [0.29, 0.717) is 11.2 Å². The van der Waals surface area contributed by atoms with Crippen molar-refractivity contribution >= 4 is 11.8 Å². The third-order valence-electron chi connectivity index (χ3n) is 4.74. The van der Waals surface area contributed by atoms with Gasteiger partial charge in [-0.15, -0.1) is 11.8 Å². The van der Waals surface area contributed by atoms with Gasteiger partial charge < -0.3 is 9.84 Å². The van der Waals surface area contributed by atoms with Crippen LogP contribution >= 0.6 is 11.8 Å². The summed E-state index contributed by atoms with van der Waals surface area (Å²) < 4.78 is 6.30. The molecule has 1 heterocycles. The first-order valence-electron chi connectivity index (χ1n) is 7.81. The molecule has 2 nitrogen and oxygen atoms in total. The van der Waals surface area contributed by atoms with Crippen LogP contribution in [-0.2, 0) is 4.74 Å². The molecule has 1 aliphatic heterocycles. The van der Waals surface area contributed by atoms with Crippen LogP contribution in [-0.4, -0.2) is 29.2 Å². The van der Waals surface area contributed by atoms with E-state index in [0.717, 1.165) is 13.0 Å². The number of aliphatic hydroxyl groups is 1. The average Bonchev–Trinajstić information content (AvgIpc) is 2.80. The van der Waals surface area contributed by atoms with Crippen LogP contribution in [0.15, 0.2) is 35.2 Å². The Labute approximate surface area is 125 Å². The van der Waals surface area contributed by atoms with Crippen LogP contribution in [0.25, 0.3) is 0 Å². The molecule has 3 rings (SSSR count). The lowest BCUT2D eigenvalue weighted by Crippen LogP contribution is -2.41. The molecule has 0 radical (unpaired) electrons. The predicted molar refractivity (Wildman–Crippen MR) is 83.0 cm³/mol. The Bertz CT molecular complexity index is 414. The van der Waals surface area contributed by atoms with Crippen LogP contribution in [0, 0.1) is 5.92 Å². The van der Waals surface area contributed by atoms with E-state index >= 15 is 0 Å². The molecule has 3 heteroatoms. The van der Waals surface area contributed by atoms with Gasteiger partial charge in [-0.2, -0.15) is 0 Å². The molecule has 1 spiro atoms. The molecule has 0 amide bonds. The molecular weight excluding hydrogens is 268 g/mol. The number of benzene rings is 1. The van der Waals surface area contributed by atoms with Crippen LogP contribution < -0.4 is 0 Å². The van der Waals surface area contributed by atoms with Gasteiger partial charge in [0, 0.05) is 16.8 Å². The molecule has 1 saturated heterocycles. The molecule has 1 saturated carbocycles. The van der Waals surface area contributed by atoms with E-state index in [9.17, 15) is 5.11 Å². The first-order valence-corrected chi connectivity index (χ1v) is 8.68. The fraction of sp³-hybridized carbons (Fsp3) is 0.647. The first kappa shape index (κ1) is 14.4. The van der Waals surface area contributed by atoms with Crippen molar-refractivity contribution in [3.8, 4) is 0 Å². The highest BCUT2D eigenvalue weighted by molar-refractivity contribution is 8.00. The zero-order chi connectivity index (χ0) is 13.8. The zero-order valence-corrected chi connectivity index (χ0v) is 12.8. The second-order valence-electron chi connectivity index (χ2n) is 6.06.